The molecule has 0 atom stereocenters. The average Bonchev–Trinajstić information content (AvgIpc) is 3.01. The van der Waals surface area contributed by atoms with Gasteiger partial charge in [-0.05, 0) is 36.4 Å². The molecule has 0 amide bonds. The molecule has 3 aromatic carbocycles. The Labute approximate surface area is 144 Å². The van der Waals surface area contributed by atoms with Crippen LogP contribution in [-0.2, 0) is 10.0 Å². The zero-order valence-electron chi connectivity index (χ0n) is 13.1. The van der Waals surface area contributed by atoms with Crippen molar-refractivity contribution in [2.45, 2.75) is 4.90 Å². The van der Waals surface area contributed by atoms with Crippen LogP contribution >= 0.6 is 0 Å². The number of hydrogen-bond donors (Lipinski definition) is 0. The highest BCUT2D eigenvalue weighted by Gasteiger charge is 2.38. The molecular formula is C19H13N3O2S. The minimum absolute atomic E-state index is 0.273. The molecular weight excluding hydrogens is 334 g/mol. The van der Waals surface area contributed by atoms with Gasteiger partial charge in [-0.15, -0.1) is 0 Å². The predicted molar refractivity (Wildman–Crippen MR) is 96.8 cm³/mol. The number of hydrogen-bond acceptors (Lipinski definition) is 3. The van der Waals surface area contributed by atoms with Crippen molar-refractivity contribution in [2.75, 3.05) is 4.31 Å². The number of fused-ring (bicyclic) bond motifs is 5. The van der Waals surface area contributed by atoms with Crippen molar-refractivity contribution in [3.63, 3.8) is 0 Å². The number of imidazole rings is 1. The monoisotopic (exact) mass is 347 g/mol. The first-order chi connectivity index (χ1) is 12.2. The van der Waals surface area contributed by atoms with E-state index in [1.54, 1.807) is 24.3 Å². The van der Waals surface area contributed by atoms with Crippen molar-refractivity contribution >= 4 is 32.7 Å². The number of aromatic nitrogens is 2. The Hall–Kier alpha value is -3.12. The summed E-state index contributed by atoms with van der Waals surface area (Å²) >= 11 is 0. The van der Waals surface area contributed by atoms with Crippen molar-refractivity contribution in [3.05, 3.63) is 78.9 Å². The van der Waals surface area contributed by atoms with Gasteiger partial charge in [0.05, 0.1) is 22.4 Å². The lowest BCUT2D eigenvalue weighted by Gasteiger charge is -2.30. The molecule has 1 aliphatic heterocycles. The summed E-state index contributed by atoms with van der Waals surface area (Å²) in [5.74, 6) is 0.381. The number of para-hydroxylation sites is 4. The molecule has 0 N–H and O–H groups in total. The highest BCUT2D eigenvalue weighted by atomic mass is 32.2. The first kappa shape index (κ1) is 14.2. The summed E-state index contributed by atoms with van der Waals surface area (Å²) in [6, 6.07) is 23.7. The van der Waals surface area contributed by atoms with Crippen LogP contribution in [0.5, 0.6) is 0 Å². The number of anilines is 2. The Bertz CT molecular complexity index is 1210. The lowest BCUT2D eigenvalue weighted by atomic mass is 10.2. The van der Waals surface area contributed by atoms with Crippen LogP contribution in [-0.4, -0.2) is 18.0 Å². The topological polar surface area (TPSA) is 55.2 Å². The van der Waals surface area contributed by atoms with Gasteiger partial charge in [0, 0.05) is 0 Å². The predicted octanol–water partition coefficient (Wildman–Crippen LogP) is 3.87. The van der Waals surface area contributed by atoms with Gasteiger partial charge >= 0.3 is 0 Å². The minimum Gasteiger partial charge on any atom is -0.276 e. The van der Waals surface area contributed by atoms with Crippen molar-refractivity contribution < 1.29 is 8.42 Å². The second-order valence-electron chi connectivity index (χ2n) is 5.81. The molecule has 0 saturated heterocycles. The van der Waals surface area contributed by atoms with Crippen LogP contribution in [0.4, 0.5) is 11.6 Å². The van der Waals surface area contributed by atoms with E-state index in [0.717, 1.165) is 11.0 Å². The minimum atomic E-state index is -3.75. The van der Waals surface area contributed by atoms with Crippen LogP contribution in [0, 0.1) is 0 Å². The maximum atomic E-state index is 13.3. The van der Waals surface area contributed by atoms with E-state index in [2.05, 4.69) is 4.98 Å². The molecule has 0 fully saturated rings. The van der Waals surface area contributed by atoms with E-state index < -0.39 is 10.0 Å². The maximum Gasteiger partial charge on any atom is 0.273 e. The normalized spacial score (nSPS) is 15.0. The Kier molecular flexibility index (Phi) is 2.81. The lowest BCUT2D eigenvalue weighted by molar-refractivity contribution is 0.592. The standard InChI is InChI=1S/C19H13N3O2S/c23-25(24)18-13-7-6-12-17(18)21-16-11-5-4-10-15(16)20-19(21)22(25)14-8-2-1-3-9-14/h1-13H. The van der Waals surface area contributed by atoms with Gasteiger partial charge in [0.2, 0.25) is 5.95 Å². The first-order valence-electron chi connectivity index (χ1n) is 7.85. The molecule has 5 nitrogen and oxygen atoms in total. The molecule has 0 spiro atoms. The second kappa shape index (κ2) is 4.94. The van der Waals surface area contributed by atoms with Gasteiger partial charge in [-0.2, -0.15) is 0 Å². The first-order valence-corrected chi connectivity index (χ1v) is 9.29. The van der Waals surface area contributed by atoms with E-state index in [9.17, 15) is 8.42 Å². The smallest absolute Gasteiger partial charge is 0.273 e. The van der Waals surface area contributed by atoms with E-state index >= 15 is 0 Å². The Balaban J connectivity index is 1.95. The van der Waals surface area contributed by atoms with E-state index in [4.69, 9.17) is 0 Å². The third-order valence-corrected chi connectivity index (χ3v) is 6.10. The third-order valence-electron chi connectivity index (χ3n) is 4.34. The third kappa shape index (κ3) is 1.88. The van der Waals surface area contributed by atoms with Crippen molar-refractivity contribution in [1.82, 2.24) is 9.55 Å². The largest absolute Gasteiger partial charge is 0.276 e. The van der Waals surface area contributed by atoms with Crippen molar-refractivity contribution in [2.24, 2.45) is 0 Å². The van der Waals surface area contributed by atoms with E-state index in [1.165, 1.54) is 4.31 Å². The summed E-state index contributed by atoms with van der Waals surface area (Å²) in [7, 11) is -3.75. The number of rotatable bonds is 1. The summed E-state index contributed by atoms with van der Waals surface area (Å²) in [6.07, 6.45) is 0. The zero-order chi connectivity index (χ0) is 17.0. The van der Waals surface area contributed by atoms with Crippen molar-refractivity contribution in [3.8, 4) is 5.69 Å². The molecule has 2 heterocycles. The summed E-state index contributed by atoms with van der Waals surface area (Å²) in [5.41, 5.74) is 2.82. The van der Waals surface area contributed by atoms with E-state index in [0.29, 0.717) is 17.3 Å². The highest BCUT2D eigenvalue weighted by molar-refractivity contribution is 7.93. The van der Waals surface area contributed by atoms with Gasteiger partial charge in [-0.1, -0.05) is 42.5 Å². The highest BCUT2D eigenvalue weighted by Crippen LogP contribution is 2.42. The summed E-state index contributed by atoms with van der Waals surface area (Å²) < 4.78 is 29.8. The van der Waals surface area contributed by atoms with Gasteiger partial charge in [0.1, 0.15) is 4.90 Å². The van der Waals surface area contributed by atoms with Crippen LogP contribution < -0.4 is 4.31 Å². The fourth-order valence-corrected chi connectivity index (χ4v) is 4.88. The quantitative estimate of drug-likeness (QED) is 0.525. The van der Waals surface area contributed by atoms with Gasteiger partial charge in [-0.25, -0.2) is 17.7 Å². The number of benzene rings is 3. The van der Waals surface area contributed by atoms with Gasteiger partial charge < -0.3 is 0 Å². The summed E-state index contributed by atoms with van der Waals surface area (Å²) in [6.45, 7) is 0. The SMILES string of the molecule is O=S1(=O)c2ccccc2-n2c(nc3ccccc32)N1c1ccccc1. The number of nitrogens with zero attached hydrogens (tertiary/aromatic N) is 3. The average molecular weight is 347 g/mol. The number of sulfonamides is 1. The van der Waals surface area contributed by atoms with Gasteiger partial charge in [0.15, 0.2) is 0 Å². The van der Waals surface area contributed by atoms with Crippen molar-refractivity contribution in [1.29, 1.82) is 0 Å². The summed E-state index contributed by atoms with van der Waals surface area (Å²) in [5, 5.41) is 0. The lowest BCUT2D eigenvalue weighted by Crippen LogP contribution is -2.33. The molecule has 0 radical (unpaired) electrons. The molecule has 0 saturated carbocycles. The van der Waals surface area contributed by atoms with Gasteiger partial charge in [-0.3, -0.25) is 4.57 Å². The molecule has 5 rings (SSSR count). The Morgan fingerprint density at radius 2 is 1.44 bits per heavy atom. The maximum absolute atomic E-state index is 13.3. The molecule has 0 bridgehead atoms. The van der Waals surface area contributed by atoms with Crippen LogP contribution in [0.2, 0.25) is 0 Å². The van der Waals surface area contributed by atoms with E-state index in [-0.39, 0.29) is 4.90 Å². The molecule has 0 unspecified atom stereocenters. The fourth-order valence-electron chi connectivity index (χ4n) is 3.27. The molecule has 122 valence electrons. The zero-order valence-corrected chi connectivity index (χ0v) is 13.9. The van der Waals surface area contributed by atoms with E-state index in [1.807, 2.05) is 59.2 Å². The van der Waals surface area contributed by atoms with Gasteiger partial charge in [0.25, 0.3) is 10.0 Å². The fraction of sp³-hybridized carbons (Fsp3) is 0. The molecule has 4 aromatic rings. The van der Waals surface area contributed by atoms with Crippen LogP contribution in [0.15, 0.2) is 83.8 Å². The molecule has 25 heavy (non-hydrogen) atoms. The van der Waals surface area contributed by atoms with Crippen LogP contribution in [0.3, 0.4) is 0 Å². The molecule has 6 heteroatoms. The van der Waals surface area contributed by atoms with Crippen LogP contribution in [0.1, 0.15) is 0 Å². The Morgan fingerprint density at radius 3 is 2.28 bits per heavy atom. The molecule has 1 aliphatic rings. The Morgan fingerprint density at radius 1 is 0.760 bits per heavy atom. The summed E-state index contributed by atoms with van der Waals surface area (Å²) in [4.78, 5) is 4.89. The molecule has 1 aromatic heterocycles. The van der Waals surface area contributed by atoms with Crippen LogP contribution in [0.25, 0.3) is 16.7 Å². The molecule has 0 aliphatic carbocycles. The second-order valence-corrected chi connectivity index (χ2v) is 7.56.